The first kappa shape index (κ1) is 14.9. The smallest absolute Gasteiger partial charge is 0.320 e. The summed E-state index contributed by atoms with van der Waals surface area (Å²) in [6, 6.07) is -0.206. The summed E-state index contributed by atoms with van der Waals surface area (Å²) in [5, 5.41) is 9.00. The Balaban J connectivity index is 2.51. The van der Waals surface area contributed by atoms with Crippen molar-refractivity contribution in [3.63, 3.8) is 0 Å². The molecule has 0 radical (unpaired) electrons. The van der Waals surface area contributed by atoms with E-state index in [-0.39, 0.29) is 18.6 Å². The Hall–Kier alpha value is -1.14. The summed E-state index contributed by atoms with van der Waals surface area (Å²) in [7, 11) is 0. The van der Waals surface area contributed by atoms with Crippen LogP contribution in [0.1, 0.15) is 27.2 Å². The minimum atomic E-state index is -0.862. The molecule has 18 heavy (non-hydrogen) atoms. The Morgan fingerprint density at radius 1 is 1.39 bits per heavy atom. The van der Waals surface area contributed by atoms with E-state index in [2.05, 4.69) is 0 Å². The number of likely N-dealkylation sites (tertiary alicyclic amines) is 1. The van der Waals surface area contributed by atoms with Crippen molar-refractivity contribution in [2.24, 2.45) is 11.7 Å². The Bertz CT molecular complexity index is 325. The number of carbonyl (C=O) groups is 2. The van der Waals surface area contributed by atoms with Crippen molar-refractivity contribution in [3.8, 4) is 0 Å². The number of nitrogens with two attached hydrogens (primary N) is 1. The van der Waals surface area contributed by atoms with Gasteiger partial charge < -0.3 is 15.6 Å². The van der Waals surface area contributed by atoms with Gasteiger partial charge in [-0.05, 0) is 27.2 Å². The first-order valence-electron chi connectivity index (χ1n) is 6.10. The molecule has 0 aromatic rings. The lowest BCUT2D eigenvalue weighted by atomic mass is 9.95. The van der Waals surface area contributed by atoms with E-state index in [1.54, 1.807) is 25.7 Å². The van der Waals surface area contributed by atoms with Gasteiger partial charge in [-0.2, -0.15) is 0 Å². The van der Waals surface area contributed by atoms with Crippen LogP contribution in [0.15, 0.2) is 0 Å². The summed E-state index contributed by atoms with van der Waals surface area (Å²) in [6.07, 6.45) is 0.458. The zero-order chi connectivity index (χ0) is 13.9. The quantitative estimate of drug-likeness (QED) is 0.695. The zero-order valence-electron chi connectivity index (χ0n) is 11.2. The number of piperidine rings is 1. The second kappa shape index (κ2) is 5.67. The van der Waals surface area contributed by atoms with Crippen LogP contribution in [0.4, 0.5) is 0 Å². The first-order chi connectivity index (χ1) is 8.17. The van der Waals surface area contributed by atoms with Gasteiger partial charge in [0.05, 0.1) is 12.5 Å². The van der Waals surface area contributed by atoms with Crippen LogP contribution in [0.2, 0.25) is 0 Å². The van der Waals surface area contributed by atoms with Crippen molar-refractivity contribution >= 4 is 11.9 Å². The SMILES string of the molecule is CC(C)(C)OC(=O)CN1CC(N)CC(C(=O)O)C1. The molecule has 6 heteroatoms. The molecule has 0 saturated carbocycles. The molecule has 2 atom stereocenters. The lowest BCUT2D eigenvalue weighted by molar-refractivity contribution is -0.158. The van der Waals surface area contributed by atoms with E-state index in [0.717, 1.165) is 0 Å². The average Bonchev–Trinajstić information content (AvgIpc) is 2.12. The summed E-state index contributed by atoms with van der Waals surface area (Å²) in [5.74, 6) is -1.71. The Kier molecular flexibility index (Phi) is 4.70. The van der Waals surface area contributed by atoms with Gasteiger partial charge in [-0.15, -0.1) is 0 Å². The standard InChI is InChI=1S/C12H22N2O4/c1-12(2,3)18-10(15)7-14-5-8(11(16)17)4-9(13)6-14/h8-9H,4-7,13H2,1-3H3,(H,16,17). The molecule has 0 aromatic carbocycles. The molecule has 0 aliphatic carbocycles. The van der Waals surface area contributed by atoms with Crippen molar-refractivity contribution in [2.45, 2.75) is 38.8 Å². The molecule has 3 N–H and O–H groups in total. The molecule has 1 saturated heterocycles. The van der Waals surface area contributed by atoms with Gasteiger partial charge in [0.1, 0.15) is 5.60 Å². The largest absolute Gasteiger partial charge is 0.481 e. The Morgan fingerprint density at radius 2 is 2.00 bits per heavy atom. The van der Waals surface area contributed by atoms with E-state index in [1.807, 2.05) is 0 Å². The third-order valence-electron chi connectivity index (χ3n) is 2.68. The molecule has 2 unspecified atom stereocenters. The van der Waals surface area contributed by atoms with Crippen molar-refractivity contribution in [2.75, 3.05) is 19.6 Å². The van der Waals surface area contributed by atoms with Crippen molar-refractivity contribution < 1.29 is 19.4 Å². The lowest BCUT2D eigenvalue weighted by Crippen LogP contribution is -2.51. The van der Waals surface area contributed by atoms with Gasteiger partial charge in [0.15, 0.2) is 0 Å². The number of hydrogen-bond acceptors (Lipinski definition) is 5. The zero-order valence-corrected chi connectivity index (χ0v) is 11.2. The van der Waals surface area contributed by atoms with Gasteiger partial charge in [0, 0.05) is 19.1 Å². The van der Waals surface area contributed by atoms with Crippen LogP contribution in [0.25, 0.3) is 0 Å². The fourth-order valence-corrected chi connectivity index (χ4v) is 2.10. The van der Waals surface area contributed by atoms with Crippen LogP contribution in [0, 0.1) is 5.92 Å². The molecule has 0 bridgehead atoms. The molecule has 104 valence electrons. The molecule has 1 aliphatic rings. The number of esters is 1. The number of aliphatic carboxylic acids is 1. The number of hydrogen-bond donors (Lipinski definition) is 2. The predicted molar refractivity (Wildman–Crippen MR) is 66.0 cm³/mol. The van der Waals surface area contributed by atoms with Crippen molar-refractivity contribution in [1.29, 1.82) is 0 Å². The van der Waals surface area contributed by atoms with Crippen LogP contribution in [-0.2, 0) is 14.3 Å². The molecule has 0 spiro atoms. The van der Waals surface area contributed by atoms with Gasteiger partial charge in [0.25, 0.3) is 0 Å². The predicted octanol–water partition coefficient (Wildman–Crippen LogP) is 0.0619. The fourth-order valence-electron chi connectivity index (χ4n) is 2.10. The fraction of sp³-hybridized carbons (Fsp3) is 0.833. The molecule has 6 nitrogen and oxygen atoms in total. The second-order valence-corrected chi connectivity index (χ2v) is 5.81. The highest BCUT2D eigenvalue weighted by atomic mass is 16.6. The van der Waals surface area contributed by atoms with E-state index in [1.165, 1.54) is 0 Å². The molecule has 0 amide bonds. The summed E-state index contributed by atoms with van der Waals surface area (Å²) in [4.78, 5) is 24.4. The summed E-state index contributed by atoms with van der Waals surface area (Å²) in [6.45, 7) is 6.37. The third-order valence-corrected chi connectivity index (χ3v) is 2.68. The Labute approximate surface area is 107 Å². The second-order valence-electron chi connectivity index (χ2n) is 5.81. The van der Waals surface area contributed by atoms with Gasteiger partial charge in [-0.1, -0.05) is 0 Å². The summed E-state index contributed by atoms with van der Waals surface area (Å²) >= 11 is 0. The highest BCUT2D eigenvalue weighted by Gasteiger charge is 2.31. The molecule has 1 rings (SSSR count). The monoisotopic (exact) mass is 258 g/mol. The molecule has 0 aromatic heterocycles. The van der Waals surface area contributed by atoms with Crippen LogP contribution in [0.3, 0.4) is 0 Å². The van der Waals surface area contributed by atoms with Gasteiger partial charge in [-0.3, -0.25) is 14.5 Å². The molecular weight excluding hydrogens is 236 g/mol. The summed E-state index contributed by atoms with van der Waals surface area (Å²) in [5.41, 5.74) is 5.27. The molecule has 1 fully saturated rings. The number of nitrogens with zero attached hydrogens (tertiary/aromatic N) is 1. The van der Waals surface area contributed by atoms with Crippen molar-refractivity contribution in [1.82, 2.24) is 4.90 Å². The van der Waals surface area contributed by atoms with E-state index >= 15 is 0 Å². The summed E-state index contributed by atoms with van der Waals surface area (Å²) < 4.78 is 5.20. The minimum Gasteiger partial charge on any atom is -0.481 e. The Morgan fingerprint density at radius 3 is 2.50 bits per heavy atom. The maximum absolute atomic E-state index is 11.7. The lowest BCUT2D eigenvalue weighted by Gasteiger charge is -2.34. The van der Waals surface area contributed by atoms with Gasteiger partial charge in [-0.25, -0.2) is 0 Å². The van der Waals surface area contributed by atoms with E-state index in [9.17, 15) is 9.59 Å². The topological polar surface area (TPSA) is 92.9 Å². The molecule has 1 heterocycles. The third kappa shape index (κ3) is 5.01. The van der Waals surface area contributed by atoms with Crippen molar-refractivity contribution in [3.05, 3.63) is 0 Å². The molecule has 1 aliphatic heterocycles. The average molecular weight is 258 g/mol. The number of rotatable bonds is 3. The van der Waals surface area contributed by atoms with Gasteiger partial charge >= 0.3 is 11.9 Å². The van der Waals surface area contributed by atoms with E-state index < -0.39 is 17.5 Å². The van der Waals surface area contributed by atoms with Gasteiger partial charge in [0.2, 0.25) is 0 Å². The number of ether oxygens (including phenoxy) is 1. The van der Waals surface area contributed by atoms with Crippen LogP contribution in [-0.4, -0.2) is 53.2 Å². The normalized spacial score (nSPS) is 25.8. The number of carbonyl (C=O) groups excluding carboxylic acids is 1. The first-order valence-corrected chi connectivity index (χ1v) is 6.10. The number of carboxylic acids is 1. The van der Waals surface area contributed by atoms with E-state index in [0.29, 0.717) is 19.5 Å². The maximum Gasteiger partial charge on any atom is 0.320 e. The van der Waals surface area contributed by atoms with E-state index in [4.69, 9.17) is 15.6 Å². The minimum absolute atomic E-state index is 0.0920. The van der Waals surface area contributed by atoms with Crippen LogP contribution in [0.5, 0.6) is 0 Å². The number of carboxylic acid groups (broad SMARTS) is 1. The highest BCUT2D eigenvalue weighted by Crippen LogP contribution is 2.16. The highest BCUT2D eigenvalue weighted by molar-refractivity contribution is 5.73. The molecular formula is C12H22N2O4. The maximum atomic E-state index is 11.7. The van der Waals surface area contributed by atoms with Crippen LogP contribution < -0.4 is 5.73 Å². The van der Waals surface area contributed by atoms with Crippen LogP contribution >= 0.6 is 0 Å².